The van der Waals surface area contributed by atoms with Crippen LogP contribution in [0.5, 0.6) is 0 Å². The molecule has 0 aliphatic heterocycles. The predicted molar refractivity (Wildman–Crippen MR) is 169 cm³/mol. The molecule has 0 saturated carbocycles. The zero-order valence-electron chi connectivity index (χ0n) is 24.9. The Labute approximate surface area is 229 Å². The second kappa shape index (κ2) is 9.12. The van der Waals surface area contributed by atoms with Crippen LogP contribution in [0.4, 0.5) is 0 Å². The highest BCUT2D eigenvalue weighted by atomic mass is 14.3. The molecule has 0 amide bonds. The van der Waals surface area contributed by atoms with E-state index >= 15 is 0 Å². The highest BCUT2D eigenvalue weighted by molar-refractivity contribution is 6.21. The molecule has 0 aliphatic rings. The zero-order chi connectivity index (χ0) is 27.6. The Kier molecular flexibility index (Phi) is 6.30. The van der Waals surface area contributed by atoms with E-state index in [1.807, 2.05) is 0 Å². The molecule has 0 heteroatoms. The third-order valence-corrected chi connectivity index (χ3v) is 8.44. The van der Waals surface area contributed by atoms with Gasteiger partial charge in [-0.2, -0.15) is 0 Å². The lowest BCUT2D eigenvalue weighted by atomic mass is 9.79. The van der Waals surface area contributed by atoms with Gasteiger partial charge < -0.3 is 0 Å². The summed E-state index contributed by atoms with van der Waals surface area (Å²) in [5, 5.41) is 5.33. The average Bonchev–Trinajstić information content (AvgIpc) is 2.84. The summed E-state index contributed by atoms with van der Waals surface area (Å²) in [6.45, 7) is 22.7. The largest absolute Gasteiger partial charge is 0.0584 e. The van der Waals surface area contributed by atoms with E-state index in [1.165, 1.54) is 77.2 Å². The SMILES string of the molecule is Cc1ccc(-c2c3ccc(C(C)(C)C)cc3c(-c3ccc(C)c(C)c3)c3ccc(C(C)(C)C)cc23)cc1C. The van der Waals surface area contributed by atoms with Gasteiger partial charge in [-0.3, -0.25) is 0 Å². The summed E-state index contributed by atoms with van der Waals surface area (Å²) >= 11 is 0. The first-order valence-electron chi connectivity index (χ1n) is 14.0. The van der Waals surface area contributed by atoms with Crippen LogP contribution in [-0.2, 0) is 10.8 Å². The van der Waals surface area contributed by atoms with Crippen molar-refractivity contribution in [3.05, 3.63) is 106 Å². The molecule has 194 valence electrons. The molecule has 5 rings (SSSR count). The van der Waals surface area contributed by atoms with E-state index in [0.29, 0.717) is 0 Å². The van der Waals surface area contributed by atoms with Crippen LogP contribution in [0.25, 0.3) is 43.8 Å². The van der Waals surface area contributed by atoms with Gasteiger partial charge in [0.1, 0.15) is 0 Å². The molecular formula is C38H42. The van der Waals surface area contributed by atoms with Crippen molar-refractivity contribution in [3.8, 4) is 22.3 Å². The third kappa shape index (κ3) is 4.55. The van der Waals surface area contributed by atoms with Gasteiger partial charge in [-0.25, -0.2) is 0 Å². The van der Waals surface area contributed by atoms with Gasteiger partial charge in [0.25, 0.3) is 0 Å². The van der Waals surface area contributed by atoms with Crippen molar-refractivity contribution in [2.45, 2.75) is 80.1 Å². The second-order valence-corrected chi connectivity index (χ2v) is 13.4. The Balaban J connectivity index is 2.04. The molecule has 0 heterocycles. The number of hydrogen-bond donors (Lipinski definition) is 0. The third-order valence-electron chi connectivity index (χ3n) is 8.44. The van der Waals surface area contributed by atoms with Crippen LogP contribution in [0.15, 0.2) is 72.8 Å². The summed E-state index contributed by atoms with van der Waals surface area (Å²) in [5.74, 6) is 0. The van der Waals surface area contributed by atoms with Crippen LogP contribution in [0.2, 0.25) is 0 Å². The Hall–Kier alpha value is -3.38. The predicted octanol–water partition coefficient (Wildman–Crippen LogP) is 11.2. The lowest BCUT2D eigenvalue weighted by molar-refractivity contribution is 0.590. The summed E-state index contributed by atoms with van der Waals surface area (Å²) in [7, 11) is 0. The summed E-state index contributed by atoms with van der Waals surface area (Å²) in [4.78, 5) is 0. The fourth-order valence-electron chi connectivity index (χ4n) is 5.58. The van der Waals surface area contributed by atoms with Crippen LogP contribution in [-0.4, -0.2) is 0 Å². The summed E-state index contributed by atoms with van der Waals surface area (Å²) in [5.41, 5.74) is 13.5. The molecule has 38 heavy (non-hydrogen) atoms. The minimum Gasteiger partial charge on any atom is -0.0584 e. The normalized spacial score (nSPS) is 12.5. The fraction of sp³-hybridized carbons (Fsp3) is 0.316. The molecule has 0 aromatic heterocycles. The van der Waals surface area contributed by atoms with Crippen LogP contribution < -0.4 is 0 Å². The van der Waals surface area contributed by atoms with Crippen molar-refractivity contribution in [3.63, 3.8) is 0 Å². The van der Waals surface area contributed by atoms with Crippen LogP contribution >= 0.6 is 0 Å². The second-order valence-electron chi connectivity index (χ2n) is 13.4. The number of rotatable bonds is 2. The zero-order valence-corrected chi connectivity index (χ0v) is 24.9. The molecule has 0 radical (unpaired) electrons. The number of fused-ring (bicyclic) bond motifs is 2. The van der Waals surface area contributed by atoms with E-state index in [9.17, 15) is 0 Å². The van der Waals surface area contributed by atoms with E-state index < -0.39 is 0 Å². The lowest BCUT2D eigenvalue weighted by Gasteiger charge is -2.25. The number of benzene rings is 5. The van der Waals surface area contributed by atoms with E-state index in [2.05, 4.69) is 142 Å². The standard InChI is InChI=1S/C38H42/c1-23-11-13-27(19-25(23)3)35-31-17-15-30(38(8,9)10)22-34(31)36(28-14-12-24(2)26(4)20-28)32-18-16-29(21-33(32)35)37(5,6)7/h11-22H,1-10H3. The maximum atomic E-state index is 2.46. The fourth-order valence-corrected chi connectivity index (χ4v) is 5.58. The highest BCUT2D eigenvalue weighted by Crippen LogP contribution is 2.46. The average molecular weight is 499 g/mol. The van der Waals surface area contributed by atoms with Gasteiger partial charge >= 0.3 is 0 Å². The molecule has 0 N–H and O–H groups in total. The van der Waals surface area contributed by atoms with Crippen molar-refractivity contribution in [2.24, 2.45) is 0 Å². The van der Waals surface area contributed by atoms with Crippen molar-refractivity contribution >= 4 is 21.5 Å². The summed E-state index contributed by atoms with van der Waals surface area (Å²) in [6, 6.07) is 28.3. The summed E-state index contributed by atoms with van der Waals surface area (Å²) < 4.78 is 0. The van der Waals surface area contributed by atoms with Crippen LogP contribution in [0.1, 0.15) is 74.9 Å². The molecular weight excluding hydrogens is 456 g/mol. The Bertz CT molecular complexity index is 1570. The lowest BCUT2D eigenvalue weighted by Crippen LogP contribution is -2.11. The molecule has 5 aromatic rings. The molecule has 0 fully saturated rings. The van der Waals surface area contributed by atoms with Gasteiger partial charge in [0.2, 0.25) is 0 Å². The molecule has 0 unspecified atom stereocenters. The van der Waals surface area contributed by atoms with Gasteiger partial charge in [-0.15, -0.1) is 0 Å². The first-order chi connectivity index (χ1) is 17.8. The molecule has 5 aromatic carbocycles. The summed E-state index contributed by atoms with van der Waals surface area (Å²) in [6.07, 6.45) is 0. The molecule has 0 nitrogen and oxygen atoms in total. The highest BCUT2D eigenvalue weighted by Gasteiger charge is 2.22. The van der Waals surface area contributed by atoms with E-state index in [1.54, 1.807) is 0 Å². The van der Waals surface area contributed by atoms with Gasteiger partial charge in [-0.1, -0.05) is 102 Å². The Morgan fingerprint density at radius 1 is 0.368 bits per heavy atom. The first-order valence-corrected chi connectivity index (χ1v) is 14.0. The van der Waals surface area contributed by atoms with E-state index in [4.69, 9.17) is 0 Å². The number of hydrogen-bond acceptors (Lipinski definition) is 0. The van der Waals surface area contributed by atoms with E-state index in [0.717, 1.165) is 0 Å². The maximum Gasteiger partial charge on any atom is -0.00262 e. The van der Waals surface area contributed by atoms with E-state index in [-0.39, 0.29) is 10.8 Å². The van der Waals surface area contributed by atoms with Crippen LogP contribution in [0, 0.1) is 27.7 Å². The first kappa shape index (κ1) is 26.2. The molecule has 0 bridgehead atoms. The Morgan fingerprint density at radius 2 is 0.737 bits per heavy atom. The van der Waals surface area contributed by atoms with Crippen molar-refractivity contribution in [1.29, 1.82) is 0 Å². The number of aryl methyl sites for hydroxylation is 4. The Morgan fingerprint density at radius 3 is 1.05 bits per heavy atom. The topological polar surface area (TPSA) is 0 Å². The monoisotopic (exact) mass is 498 g/mol. The van der Waals surface area contributed by atoms with Crippen LogP contribution in [0.3, 0.4) is 0 Å². The van der Waals surface area contributed by atoms with Crippen molar-refractivity contribution in [1.82, 2.24) is 0 Å². The minimum absolute atomic E-state index is 0.0698. The molecule has 0 aliphatic carbocycles. The smallest absolute Gasteiger partial charge is 0.00262 e. The van der Waals surface area contributed by atoms with Gasteiger partial charge in [0.05, 0.1) is 0 Å². The van der Waals surface area contributed by atoms with Gasteiger partial charge in [0.15, 0.2) is 0 Å². The van der Waals surface area contributed by atoms with Crippen molar-refractivity contribution < 1.29 is 0 Å². The van der Waals surface area contributed by atoms with Gasteiger partial charge in [-0.05, 0) is 128 Å². The maximum absolute atomic E-state index is 2.46. The molecule has 0 spiro atoms. The quantitative estimate of drug-likeness (QED) is 0.212. The molecule has 0 atom stereocenters. The van der Waals surface area contributed by atoms with Crippen molar-refractivity contribution in [2.75, 3.05) is 0 Å². The minimum atomic E-state index is 0.0698. The molecule has 0 saturated heterocycles. The van der Waals surface area contributed by atoms with Gasteiger partial charge in [0, 0.05) is 0 Å².